The molecule has 1 heterocycles. The van der Waals surface area contributed by atoms with Gasteiger partial charge in [0.1, 0.15) is 0 Å². The van der Waals surface area contributed by atoms with Crippen molar-refractivity contribution in [3.63, 3.8) is 0 Å². The lowest BCUT2D eigenvalue weighted by Crippen LogP contribution is -2.43. The number of carbonyl (C=O) groups is 1. The van der Waals surface area contributed by atoms with E-state index in [1.807, 2.05) is 13.8 Å². The van der Waals surface area contributed by atoms with Crippen LogP contribution in [0, 0.1) is 0 Å². The molecule has 0 saturated carbocycles. The molecule has 0 aromatic heterocycles. The van der Waals surface area contributed by atoms with Gasteiger partial charge in [0.25, 0.3) is 0 Å². The first-order valence-electron chi connectivity index (χ1n) is 4.67. The minimum absolute atomic E-state index is 0.0306. The Kier molecular flexibility index (Phi) is 4.19. The van der Waals surface area contributed by atoms with Gasteiger partial charge in [0.2, 0.25) is 5.91 Å². The lowest BCUT2D eigenvalue weighted by molar-refractivity contribution is -0.121. The number of halogens is 1. The van der Waals surface area contributed by atoms with Crippen LogP contribution in [0.1, 0.15) is 26.7 Å². The molecule has 1 aliphatic heterocycles. The third kappa shape index (κ3) is 3.27. The third-order valence-corrected chi connectivity index (χ3v) is 2.67. The highest BCUT2D eigenvalue weighted by Gasteiger charge is 2.24. The van der Waals surface area contributed by atoms with Crippen LogP contribution in [0.3, 0.4) is 0 Å². The smallest absolute Gasteiger partial charge is 0.233 e. The van der Waals surface area contributed by atoms with E-state index in [2.05, 4.69) is 21.2 Å². The molecule has 1 saturated heterocycles. The Morgan fingerprint density at radius 1 is 1.62 bits per heavy atom. The molecule has 0 aromatic rings. The van der Waals surface area contributed by atoms with Gasteiger partial charge in [-0.15, -0.1) is 0 Å². The maximum Gasteiger partial charge on any atom is 0.233 e. The quantitative estimate of drug-likeness (QED) is 0.770. The number of carbonyl (C=O) groups excluding carboxylic acids is 1. The van der Waals surface area contributed by atoms with Gasteiger partial charge in [-0.25, -0.2) is 0 Å². The van der Waals surface area contributed by atoms with Crippen molar-refractivity contribution in [2.45, 2.75) is 43.7 Å². The molecular weight excluding hydrogens is 234 g/mol. The molecule has 0 aliphatic carbocycles. The Labute approximate surface area is 87.3 Å². The lowest BCUT2D eigenvalue weighted by atomic mass is 10.1. The Bertz CT molecular complexity index is 178. The van der Waals surface area contributed by atoms with Crippen molar-refractivity contribution >= 4 is 21.8 Å². The summed E-state index contributed by atoms with van der Waals surface area (Å²) < 4.78 is 5.47. The van der Waals surface area contributed by atoms with Gasteiger partial charge in [-0.05, 0) is 26.7 Å². The van der Waals surface area contributed by atoms with Crippen LogP contribution in [0.4, 0.5) is 0 Å². The van der Waals surface area contributed by atoms with E-state index >= 15 is 0 Å². The second-order valence-corrected chi connectivity index (χ2v) is 4.84. The van der Waals surface area contributed by atoms with Crippen molar-refractivity contribution in [1.29, 1.82) is 0 Å². The van der Waals surface area contributed by atoms with Gasteiger partial charge in [-0.3, -0.25) is 4.79 Å². The van der Waals surface area contributed by atoms with Crippen molar-refractivity contribution in [2.75, 3.05) is 6.61 Å². The standard InChI is InChI=1S/C9H16BrNO2/c1-6(10)9(12)11-7(2)8-4-3-5-13-8/h6-8H,3-5H2,1-2H3,(H,11,12). The molecule has 1 aliphatic rings. The Morgan fingerprint density at radius 3 is 2.77 bits per heavy atom. The summed E-state index contributed by atoms with van der Waals surface area (Å²) in [7, 11) is 0. The zero-order valence-electron chi connectivity index (χ0n) is 8.05. The Morgan fingerprint density at radius 2 is 2.31 bits per heavy atom. The average Bonchev–Trinajstić information content (AvgIpc) is 2.55. The molecule has 13 heavy (non-hydrogen) atoms. The summed E-state index contributed by atoms with van der Waals surface area (Å²) in [5, 5.41) is 2.91. The molecule has 1 rings (SSSR count). The van der Waals surface area contributed by atoms with Gasteiger partial charge in [-0.1, -0.05) is 15.9 Å². The molecule has 0 aromatic carbocycles. The summed E-state index contributed by atoms with van der Waals surface area (Å²) in [6.45, 7) is 4.63. The fourth-order valence-corrected chi connectivity index (χ4v) is 1.56. The fraction of sp³-hybridized carbons (Fsp3) is 0.889. The summed E-state index contributed by atoms with van der Waals surface area (Å²) in [6, 6.07) is 0.120. The number of nitrogens with one attached hydrogen (secondary N) is 1. The van der Waals surface area contributed by atoms with Crippen molar-refractivity contribution in [3.05, 3.63) is 0 Å². The van der Waals surface area contributed by atoms with Crippen LogP contribution in [0.2, 0.25) is 0 Å². The van der Waals surface area contributed by atoms with Crippen LogP contribution < -0.4 is 5.32 Å². The van der Waals surface area contributed by atoms with Crippen LogP contribution in [-0.4, -0.2) is 29.5 Å². The van der Waals surface area contributed by atoms with Crippen molar-refractivity contribution in [3.8, 4) is 0 Å². The van der Waals surface area contributed by atoms with E-state index in [0.29, 0.717) is 0 Å². The second kappa shape index (κ2) is 4.96. The minimum atomic E-state index is -0.128. The fourth-order valence-electron chi connectivity index (χ4n) is 1.43. The summed E-state index contributed by atoms with van der Waals surface area (Å²) >= 11 is 3.22. The summed E-state index contributed by atoms with van der Waals surface area (Å²) in [5.41, 5.74) is 0. The van der Waals surface area contributed by atoms with E-state index in [1.165, 1.54) is 0 Å². The predicted molar refractivity (Wildman–Crippen MR) is 55.0 cm³/mol. The molecule has 3 unspecified atom stereocenters. The van der Waals surface area contributed by atoms with Gasteiger partial charge >= 0.3 is 0 Å². The van der Waals surface area contributed by atoms with E-state index in [1.54, 1.807) is 0 Å². The van der Waals surface area contributed by atoms with E-state index in [-0.39, 0.29) is 22.9 Å². The van der Waals surface area contributed by atoms with Crippen LogP contribution >= 0.6 is 15.9 Å². The molecule has 1 amide bonds. The highest BCUT2D eigenvalue weighted by molar-refractivity contribution is 9.10. The van der Waals surface area contributed by atoms with Crippen LogP contribution in [-0.2, 0) is 9.53 Å². The van der Waals surface area contributed by atoms with Crippen molar-refractivity contribution < 1.29 is 9.53 Å². The lowest BCUT2D eigenvalue weighted by Gasteiger charge is -2.20. The highest BCUT2D eigenvalue weighted by Crippen LogP contribution is 2.15. The van der Waals surface area contributed by atoms with E-state index in [9.17, 15) is 4.79 Å². The Hall–Kier alpha value is -0.0900. The van der Waals surface area contributed by atoms with Gasteiger partial charge in [0, 0.05) is 6.61 Å². The van der Waals surface area contributed by atoms with Gasteiger partial charge < -0.3 is 10.1 Å². The molecule has 1 N–H and O–H groups in total. The maximum atomic E-state index is 11.3. The normalized spacial score (nSPS) is 26.8. The average molecular weight is 250 g/mol. The third-order valence-electron chi connectivity index (χ3n) is 2.25. The number of hydrogen-bond acceptors (Lipinski definition) is 2. The summed E-state index contributed by atoms with van der Waals surface area (Å²) in [5.74, 6) is 0.0306. The van der Waals surface area contributed by atoms with Crippen LogP contribution in [0.25, 0.3) is 0 Å². The monoisotopic (exact) mass is 249 g/mol. The minimum Gasteiger partial charge on any atom is -0.376 e. The van der Waals surface area contributed by atoms with Crippen LogP contribution in [0.15, 0.2) is 0 Å². The zero-order chi connectivity index (χ0) is 9.84. The van der Waals surface area contributed by atoms with E-state index in [0.717, 1.165) is 19.4 Å². The number of rotatable bonds is 3. The van der Waals surface area contributed by atoms with Gasteiger partial charge in [-0.2, -0.15) is 0 Å². The van der Waals surface area contributed by atoms with Crippen molar-refractivity contribution in [2.24, 2.45) is 0 Å². The molecule has 4 heteroatoms. The van der Waals surface area contributed by atoms with Gasteiger partial charge in [0.05, 0.1) is 17.0 Å². The number of amides is 1. The topological polar surface area (TPSA) is 38.3 Å². The summed E-state index contributed by atoms with van der Waals surface area (Å²) in [4.78, 5) is 11.2. The van der Waals surface area contributed by atoms with E-state index < -0.39 is 0 Å². The summed E-state index contributed by atoms with van der Waals surface area (Å²) in [6.07, 6.45) is 2.36. The van der Waals surface area contributed by atoms with Crippen molar-refractivity contribution in [1.82, 2.24) is 5.32 Å². The molecular formula is C9H16BrNO2. The second-order valence-electron chi connectivity index (χ2n) is 3.46. The van der Waals surface area contributed by atoms with Gasteiger partial charge in [0.15, 0.2) is 0 Å². The molecule has 3 nitrogen and oxygen atoms in total. The molecule has 76 valence electrons. The predicted octanol–water partition coefficient (Wildman–Crippen LogP) is 1.45. The Balaban J connectivity index is 2.31. The number of alkyl halides is 1. The first-order chi connectivity index (χ1) is 6.11. The first-order valence-corrected chi connectivity index (χ1v) is 5.59. The first kappa shape index (κ1) is 11.0. The number of hydrogen-bond donors (Lipinski definition) is 1. The molecule has 0 bridgehead atoms. The van der Waals surface area contributed by atoms with Crippen LogP contribution in [0.5, 0.6) is 0 Å². The molecule has 3 atom stereocenters. The SMILES string of the molecule is CC(Br)C(=O)NC(C)C1CCCO1. The molecule has 0 spiro atoms. The van der Waals surface area contributed by atoms with E-state index in [4.69, 9.17) is 4.74 Å². The highest BCUT2D eigenvalue weighted by atomic mass is 79.9. The maximum absolute atomic E-state index is 11.3. The number of ether oxygens (including phenoxy) is 1. The zero-order valence-corrected chi connectivity index (χ0v) is 9.63. The largest absolute Gasteiger partial charge is 0.376 e. The molecule has 1 fully saturated rings. The molecule has 0 radical (unpaired) electrons.